The Balaban J connectivity index is 2.75. The van der Waals surface area contributed by atoms with Crippen molar-refractivity contribution in [2.45, 2.75) is 25.8 Å². The van der Waals surface area contributed by atoms with Gasteiger partial charge in [-0.05, 0) is 31.0 Å². The van der Waals surface area contributed by atoms with Gasteiger partial charge in [0.1, 0.15) is 0 Å². The van der Waals surface area contributed by atoms with Crippen LogP contribution in [-0.4, -0.2) is 23.7 Å². The van der Waals surface area contributed by atoms with Crippen molar-refractivity contribution in [3.63, 3.8) is 0 Å². The molecule has 0 saturated heterocycles. The number of aliphatic hydroxyl groups is 1. The van der Waals surface area contributed by atoms with E-state index in [9.17, 15) is 4.79 Å². The molecule has 0 heterocycles. The Labute approximate surface area is 114 Å². The van der Waals surface area contributed by atoms with Gasteiger partial charge in [0.25, 0.3) is 5.91 Å². The van der Waals surface area contributed by atoms with Gasteiger partial charge in [-0.3, -0.25) is 4.79 Å². The minimum absolute atomic E-state index is 0.00902. The first-order chi connectivity index (χ1) is 8.06. The van der Waals surface area contributed by atoms with Crippen molar-refractivity contribution in [3.8, 4) is 0 Å². The number of hydrogen-bond acceptors (Lipinski definition) is 2. The van der Waals surface area contributed by atoms with Gasteiger partial charge in [-0.1, -0.05) is 34.5 Å². The maximum Gasteiger partial charge on any atom is 0.251 e. The highest BCUT2D eigenvalue weighted by atomic mass is 79.9. The third-order valence-electron chi connectivity index (χ3n) is 2.43. The van der Waals surface area contributed by atoms with E-state index in [1.54, 1.807) is 18.2 Å². The normalized spacial score (nSPS) is 12.2. The largest absolute Gasteiger partial charge is 0.396 e. The Morgan fingerprint density at radius 3 is 2.76 bits per heavy atom. The molecule has 0 aliphatic heterocycles. The Morgan fingerprint density at radius 2 is 2.24 bits per heavy atom. The minimum Gasteiger partial charge on any atom is -0.396 e. The molecular weight excluding hydrogens is 305 g/mol. The van der Waals surface area contributed by atoms with Crippen LogP contribution >= 0.6 is 27.5 Å². The maximum absolute atomic E-state index is 11.9. The van der Waals surface area contributed by atoms with Crippen LogP contribution in [0.3, 0.4) is 0 Å². The lowest BCUT2D eigenvalue weighted by atomic mass is 10.1. The van der Waals surface area contributed by atoms with Crippen molar-refractivity contribution in [2.75, 3.05) is 6.61 Å². The molecule has 1 aromatic rings. The van der Waals surface area contributed by atoms with Crippen molar-refractivity contribution < 1.29 is 9.90 Å². The molecule has 3 nitrogen and oxygen atoms in total. The van der Waals surface area contributed by atoms with Crippen LogP contribution < -0.4 is 5.32 Å². The molecule has 1 amide bonds. The fourth-order valence-electron chi connectivity index (χ4n) is 1.49. The molecule has 0 fully saturated rings. The van der Waals surface area contributed by atoms with Gasteiger partial charge in [0, 0.05) is 27.7 Å². The van der Waals surface area contributed by atoms with Gasteiger partial charge in [0.05, 0.1) is 0 Å². The summed E-state index contributed by atoms with van der Waals surface area (Å²) in [7, 11) is 0. The van der Waals surface area contributed by atoms with Crippen molar-refractivity contribution in [2.24, 2.45) is 0 Å². The second kappa shape index (κ2) is 6.99. The zero-order valence-electron chi connectivity index (χ0n) is 9.54. The summed E-state index contributed by atoms with van der Waals surface area (Å²) in [6.07, 6.45) is 1.35. The lowest BCUT2D eigenvalue weighted by Crippen LogP contribution is -2.35. The first-order valence-electron chi connectivity index (χ1n) is 5.44. The van der Waals surface area contributed by atoms with E-state index in [0.29, 0.717) is 17.0 Å². The number of hydrogen-bond donors (Lipinski definition) is 2. The summed E-state index contributed by atoms with van der Waals surface area (Å²) in [5.41, 5.74) is 0.515. The highest BCUT2D eigenvalue weighted by molar-refractivity contribution is 9.10. The van der Waals surface area contributed by atoms with Crippen LogP contribution in [0.1, 0.15) is 30.1 Å². The average Bonchev–Trinajstić information content (AvgIpc) is 2.27. The quantitative estimate of drug-likeness (QED) is 0.876. The molecule has 1 rings (SSSR count). The van der Waals surface area contributed by atoms with E-state index in [2.05, 4.69) is 21.2 Å². The number of halogens is 2. The number of aliphatic hydroxyl groups excluding tert-OH is 1. The topological polar surface area (TPSA) is 49.3 Å². The molecule has 0 spiro atoms. The fourth-order valence-corrected chi connectivity index (χ4v) is 2.35. The Kier molecular flexibility index (Phi) is 5.95. The molecule has 1 atom stereocenters. The van der Waals surface area contributed by atoms with E-state index >= 15 is 0 Å². The molecule has 0 radical (unpaired) electrons. The lowest BCUT2D eigenvalue weighted by molar-refractivity contribution is 0.0929. The number of carbonyl (C=O) groups is 1. The van der Waals surface area contributed by atoms with Crippen LogP contribution in [0.4, 0.5) is 0 Å². The van der Waals surface area contributed by atoms with E-state index < -0.39 is 0 Å². The third-order valence-corrected chi connectivity index (χ3v) is 3.11. The predicted molar refractivity (Wildman–Crippen MR) is 72.4 cm³/mol. The Hall–Kier alpha value is -0.580. The van der Waals surface area contributed by atoms with Crippen LogP contribution in [0.5, 0.6) is 0 Å². The van der Waals surface area contributed by atoms with Crippen LogP contribution in [0.25, 0.3) is 0 Å². The van der Waals surface area contributed by atoms with Crippen molar-refractivity contribution in [3.05, 3.63) is 33.3 Å². The number of rotatable bonds is 5. The van der Waals surface area contributed by atoms with Gasteiger partial charge in [-0.25, -0.2) is 0 Å². The van der Waals surface area contributed by atoms with Gasteiger partial charge in [-0.15, -0.1) is 0 Å². The Bertz CT molecular complexity index is 378. The number of amides is 1. The van der Waals surface area contributed by atoms with Crippen LogP contribution in [0.2, 0.25) is 5.02 Å². The lowest BCUT2D eigenvalue weighted by Gasteiger charge is -2.15. The summed E-state index contributed by atoms with van der Waals surface area (Å²) < 4.78 is 0.769. The second-order valence-corrected chi connectivity index (χ2v) is 5.10. The smallest absolute Gasteiger partial charge is 0.251 e. The van der Waals surface area contributed by atoms with Gasteiger partial charge < -0.3 is 10.4 Å². The summed E-state index contributed by atoms with van der Waals surface area (Å²) in [5, 5.41) is 12.2. The average molecular weight is 321 g/mol. The molecule has 17 heavy (non-hydrogen) atoms. The highest BCUT2D eigenvalue weighted by Gasteiger charge is 2.12. The molecule has 0 bridgehead atoms. The summed E-state index contributed by atoms with van der Waals surface area (Å²) >= 11 is 9.17. The number of benzene rings is 1. The Morgan fingerprint density at radius 1 is 1.53 bits per heavy atom. The minimum atomic E-state index is -0.173. The predicted octanol–water partition coefficient (Wildman–Crippen LogP) is 2.99. The van der Waals surface area contributed by atoms with Crippen LogP contribution in [-0.2, 0) is 0 Å². The van der Waals surface area contributed by atoms with E-state index in [1.807, 2.05) is 6.92 Å². The second-order valence-electron chi connectivity index (χ2n) is 3.75. The molecule has 1 unspecified atom stereocenters. The molecule has 0 aliphatic rings. The monoisotopic (exact) mass is 319 g/mol. The molecule has 1 aromatic carbocycles. The molecular formula is C12H15BrClNO2. The van der Waals surface area contributed by atoms with Gasteiger partial charge in [-0.2, -0.15) is 0 Å². The molecule has 94 valence electrons. The van der Waals surface area contributed by atoms with Gasteiger partial charge in [0.2, 0.25) is 0 Å². The highest BCUT2D eigenvalue weighted by Crippen LogP contribution is 2.19. The maximum atomic E-state index is 11.9. The first-order valence-corrected chi connectivity index (χ1v) is 6.61. The molecule has 2 N–H and O–H groups in total. The fraction of sp³-hybridized carbons (Fsp3) is 0.417. The standard InChI is InChI=1S/C12H15BrClNO2/c1-2-11(3-4-16)15-12(17)8-5-9(13)7-10(14)6-8/h5-7,11,16H,2-4H2,1H3,(H,15,17). The summed E-state index contributed by atoms with van der Waals surface area (Å²) in [6.45, 7) is 2.03. The SMILES string of the molecule is CCC(CCO)NC(=O)c1cc(Cl)cc(Br)c1. The van der Waals surface area contributed by atoms with Crippen molar-refractivity contribution >= 4 is 33.4 Å². The van der Waals surface area contributed by atoms with E-state index in [-0.39, 0.29) is 18.6 Å². The first kappa shape index (κ1) is 14.5. The third kappa shape index (κ3) is 4.66. The van der Waals surface area contributed by atoms with Gasteiger partial charge >= 0.3 is 0 Å². The van der Waals surface area contributed by atoms with Crippen molar-refractivity contribution in [1.82, 2.24) is 5.32 Å². The van der Waals surface area contributed by atoms with E-state index in [1.165, 1.54) is 0 Å². The molecule has 0 saturated carbocycles. The zero-order chi connectivity index (χ0) is 12.8. The summed E-state index contributed by atoms with van der Waals surface area (Å²) in [4.78, 5) is 11.9. The molecule has 0 aromatic heterocycles. The number of carbonyl (C=O) groups excluding carboxylic acids is 1. The van der Waals surface area contributed by atoms with Crippen molar-refractivity contribution in [1.29, 1.82) is 0 Å². The number of nitrogens with one attached hydrogen (secondary N) is 1. The van der Waals surface area contributed by atoms with Gasteiger partial charge in [0.15, 0.2) is 0 Å². The van der Waals surface area contributed by atoms with Crippen LogP contribution in [0.15, 0.2) is 22.7 Å². The molecule has 0 aliphatic carbocycles. The van der Waals surface area contributed by atoms with E-state index in [0.717, 1.165) is 10.9 Å². The summed E-state index contributed by atoms with van der Waals surface area (Å²) in [6, 6.07) is 5.05. The zero-order valence-corrected chi connectivity index (χ0v) is 11.9. The summed E-state index contributed by atoms with van der Waals surface area (Å²) in [5.74, 6) is -0.173. The molecule has 5 heteroatoms. The van der Waals surface area contributed by atoms with Crippen LogP contribution in [0, 0.1) is 0 Å². The van der Waals surface area contributed by atoms with E-state index in [4.69, 9.17) is 16.7 Å².